The molecule has 0 bridgehead atoms. The number of hydrogen-bond acceptors (Lipinski definition) is 4. The number of nitrogens with zero attached hydrogens (tertiary/aromatic N) is 3. The molecule has 0 atom stereocenters. The van der Waals surface area contributed by atoms with Gasteiger partial charge >= 0.3 is 17.8 Å². The Hall–Kier alpha value is -2.70. The molecule has 5 amide bonds. The number of hydrogen-bond donors (Lipinski definition) is 0. The lowest BCUT2D eigenvalue weighted by Gasteiger charge is -2.19. The van der Waals surface area contributed by atoms with Crippen LogP contribution >= 0.6 is 0 Å². The standard InChI is InChI=1S/C16H17N3O4/c20-13(17-8-4-5-9-17)11-19-15(22)14(21)18(16(19)23)10-12-6-2-1-3-7-12/h1-3,6-7H,4-5,8-11H2. The molecule has 2 aliphatic heterocycles. The zero-order valence-electron chi connectivity index (χ0n) is 12.6. The van der Waals surface area contributed by atoms with Gasteiger partial charge < -0.3 is 4.90 Å². The van der Waals surface area contributed by atoms with E-state index >= 15 is 0 Å². The summed E-state index contributed by atoms with van der Waals surface area (Å²) in [5, 5.41) is 0. The summed E-state index contributed by atoms with van der Waals surface area (Å²) in [7, 11) is 0. The van der Waals surface area contributed by atoms with E-state index in [1.807, 2.05) is 6.07 Å². The average Bonchev–Trinajstić information content (AvgIpc) is 3.16. The Kier molecular flexibility index (Phi) is 4.10. The van der Waals surface area contributed by atoms with Crippen molar-refractivity contribution in [2.45, 2.75) is 19.4 Å². The van der Waals surface area contributed by atoms with Crippen LogP contribution in [-0.2, 0) is 20.9 Å². The third-order valence-electron chi connectivity index (χ3n) is 4.07. The van der Waals surface area contributed by atoms with Gasteiger partial charge in [-0.15, -0.1) is 0 Å². The van der Waals surface area contributed by atoms with Gasteiger partial charge in [0.25, 0.3) is 0 Å². The second-order valence-corrected chi connectivity index (χ2v) is 5.64. The topological polar surface area (TPSA) is 78.0 Å². The van der Waals surface area contributed by atoms with Gasteiger partial charge in [-0.25, -0.2) is 9.69 Å². The van der Waals surface area contributed by atoms with Crippen molar-refractivity contribution in [1.29, 1.82) is 0 Å². The molecule has 0 radical (unpaired) electrons. The third kappa shape index (κ3) is 2.94. The highest BCUT2D eigenvalue weighted by molar-refractivity contribution is 6.44. The molecule has 0 saturated carbocycles. The van der Waals surface area contributed by atoms with E-state index < -0.39 is 17.8 Å². The van der Waals surface area contributed by atoms with Gasteiger partial charge in [-0.2, -0.15) is 0 Å². The number of benzene rings is 1. The molecule has 0 N–H and O–H groups in total. The summed E-state index contributed by atoms with van der Waals surface area (Å²) in [4.78, 5) is 51.7. The van der Waals surface area contributed by atoms with Gasteiger partial charge in [0.15, 0.2) is 0 Å². The van der Waals surface area contributed by atoms with Crippen LogP contribution in [0.5, 0.6) is 0 Å². The molecule has 0 unspecified atom stereocenters. The first-order chi connectivity index (χ1) is 11.1. The molecule has 23 heavy (non-hydrogen) atoms. The normalized spacial score (nSPS) is 18.3. The van der Waals surface area contributed by atoms with Crippen molar-refractivity contribution >= 4 is 23.8 Å². The zero-order chi connectivity index (χ0) is 16.4. The largest absolute Gasteiger partial charge is 0.341 e. The van der Waals surface area contributed by atoms with Gasteiger partial charge in [0.2, 0.25) is 5.91 Å². The van der Waals surface area contributed by atoms with E-state index in [4.69, 9.17) is 0 Å². The summed E-state index contributed by atoms with van der Waals surface area (Å²) in [6, 6.07) is 8.21. The third-order valence-corrected chi connectivity index (χ3v) is 4.07. The van der Waals surface area contributed by atoms with Crippen molar-refractivity contribution in [2.75, 3.05) is 19.6 Å². The minimum absolute atomic E-state index is 0.0264. The Labute approximate surface area is 133 Å². The molecular weight excluding hydrogens is 298 g/mol. The van der Waals surface area contributed by atoms with Crippen LogP contribution in [0.2, 0.25) is 0 Å². The monoisotopic (exact) mass is 315 g/mol. The highest BCUT2D eigenvalue weighted by Gasteiger charge is 2.45. The predicted molar refractivity (Wildman–Crippen MR) is 79.9 cm³/mol. The molecule has 2 heterocycles. The van der Waals surface area contributed by atoms with Crippen LogP contribution in [-0.4, -0.2) is 58.1 Å². The van der Waals surface area contributed by atoms with Gasteiger partial charge in [0.1, 0.15) is 6.54 Å². The molecule has 0 aliphatic carbocycles. The van der Waals surface area contributed by atoms with E-state index in [1.54, 1.807) is 29.2 Å². The number of likely N-dealkylation sites (tertiary alicyclic amines) is 1. The first-order valence-corrected chi connectivity index (χ1v) is 7.57. The Morgan fingerprint density at radius 2 is 1.52 bits per heavy atom. The first kappa shape index (κ1) is 15.2. The number of imide groups is 2. The lowest BCUT2D eigenvalue weighted by Crippen LogP contribution is -2.42. The van der Waals surface area contributed by atoms with Crippen LogP contribution in [0.3, 0.4) is 0 Å². The maximum absolute atomic E-state index is 12.3. The average molecular weight is 315 g/mol. The number of urea groups is 1. The highest BCUT2D eigenvalue weighted by atomic mass is 16.2. The molecule has 120 valence electrons. The van der Waals surface area contributed by atoms with Crippen LogP contribution in [0.4, 0.5) is 4.79 Å². The quantitative estimate of drug-likeness (QED) is 0.602. The van der Waals surface area contributed by atoms with E-state index in [0.29, 0.717) is 13.1 Å². The molecule has 2 saturated heterocycles. The van der Waals surface area contributed by atoms with Crippen LogP contribution in [0.15, 0.2) is 30.3 Å². The van der Waals surface area contributed by atoms with Gasteiger partial charge in [-0.3, -0.25) is 19.3 Å². The molecule has 0 spiro atoms. The fraction of sp³-hybridized carbons (Fsp3) is 0.375. The number of rotatable bonds is 4. The van der Waals surface area contributed by atoms with E-state index in [0.717, 1.165) is 28.2 Å². The fourth-order valence-electron chi connectivity index (χ4n) is 2.80. The van der Waals surface area contributed by atoms with Crippen molar-refractivity contribution in [3.63, 3.8) is 0 Å². The van der Waals surface area contributed by atoms with Crippen molar-refractivity contribution in [3.05, 3.63) is 35.9 Å². The molecular formula is C16H17N3O4. The molecule has 1 aromatic rings. The summed E-state index contributed by atoms with van der Waals surface area (Å²) in [6.07, 6.45) is 1.85. The Morgan fingerprint density at radius 1 is 0.913 bits per heavy atom. The Bertz CT molecular complexity index is 653. The summed E-state index contributed by atoms with van der Waals surface area (Å²) in [5.41, 5.74) is 0.745. The Morgan fingerprint density at radius 3 is 2.17 bits per heavy atom. The molecule has 2 fully saturated rings. The number of carbonyl (C=O) groups is 4. The minimum Gasteiger partial charge on any atom is -0.341 e. The van der Waals surface area contributed by atoms with Gasteiger partial charge in [-0.05, 0) is 18.4 Å². The van der Waals surface area contributed by atoms with Crippen molar-refractivity contribution in [2.24, 2.45) is 0 Å². The van der Waals surface area contributed by atoms with Crippen LogP contribution < -0.4 is 0 Å². The second kappa shape index (κ2) is 6.20. The maximum atomic E-state index is 12.3. The summed E-state index contributed by atoms with van der Waals surface area (Å²) >= 11 is 0. The Balaban J connectivity index is 1.70. The number of amides is 5. The summed E-state index contributed by atoms with van der Waals surface area (Å²) in [5.74, 6) is -2.11. The molecule has 2 aliphatic rings. The molecule has 7 nitrogen and oxygen atoms in total. The van der Waals surface area contributed by atoms with Gasteiger partial charge in [-0.1, -0.05) is 30.3 Å². The fourth-order valence-corrected chi connectivity index (χ4v) is 2.80. The maximum Gasteiger partial charge on any atom is 0.335 e. The summed E-state index contributed by atoms with van der Waals surface area (Å²) in [6.45, 7) is 0.931. The molecule has 0 aromatic heterocycles. The van der Waals surface area contributed by atoms with Gasteiger partial charge in [0, 0.05) is 13.1 Å². The number of carbonyl (C=O) groups excluding carboxylic acids is 4. The van der Waals surface area contributed by atoms with Crippen LogP contribution in [0, 0.1) is 0 Å². The zero-order valence-corrected chi connectivity index (χ0v) is 12.6. The second-order valence-electron chi connectivity index (χ2n) is 5.64. The molecule has 7 heteroatoms. The van der Waals surface area contributed by atoms with E-state index in [-0.39, 0.29) is 19.0 Å². The highest BCUT2D eigenvalue weighted by Crippen LogP contribution is 2.17. The smallest absolute Gasteiger partial charge is 0.335 e. The lowest BCUT2D eigenvalue weighted by molar-refractivity contribution is -0.144. The van der Waals surface area contributed by atoms with E-state index in [9.17, 15) is 19.2 Å². The first-order valence-electron chi connectivity index (χ1n) is 7.57. The predicted octanol–water partition coefficient (Wildman–Crippen LogP) is 0.600. The van der Waals surface area contributed by atoms with Crippen LogP contribution in [0.1, 0.15) is 18.4 Å². The minimum atomic E-state index is -0.932. The van der Waals surface area contributed by atoms with Crippen LogP contribution in [0.25, 0.3) is 0 Å². The van der Waals surface area contributed by atoms with Crippen molar-refractivity contribution in [3.8, 4) is 0 Å². The molecule has 1 aromatic carbocycles. The van der Waals surface area contributed by atoms with Crippen molar-refractivity contribution in [1.82, 2.24) is 14.7 Å². The van der Waals surface area contributed by atoms with E-state index in [2.05, 4.69) is 0 Å². The van der Waals surface area contributed by atoms with Crippen molar-refractivity contribution < 1.29 is 19.2 Å². The SMILES string of the molecule is O=C(CN1C(=O)C(=O)N(Cc2ccccc2)C1=O)N1CCCC1. The van der Waals surface area contributed by atoms with Gasteiger partial charge in [0.05, 0.1) is 6.54 Å². The molecule has 3 rings (SSSR count). The summed E-state index contributed by atoms with van der Waals surface area (Å²) < 4.78 is 0. The van der Waals surface area contributed by atoms with E-state index in [1.165, 1.54) is 0 Å². The lowest BCUT2D eigenvalue weighted by atomic mass is 10.2.